The highest BCUT2D eigenvalue weighted by Gasteiger charge is 1.91. The van der Waals surface area contributed by atoms with Crippen LogP contribution >= 0.6 is 0 Å². The lowest BCUT2D eigenvalue weighted by Crippen LogP contribution is -1.98. The van der Waals surface area contributed by atoms with Crippen molar-refractivity contribution in [3.05, 3.63) is 6.42 Å². The zero-order chi connectivity index (χ0) is 6.41. The van der Waals surface area contributed by atoms with Gasteiger partial charge in [-0.05, 0) is 6.42 Å². The quantitative estimate of drug-likeness (QED) is 0.526. The van der Waals surface area contributed by atoms with Crippen molar-refractivity contribution in [2.45, 2.75) is 19.8 Å². The van der Waals surface area contributed by atoms with Crippen LogP contribution in [0.3, 0.4) is 0 Å². The van der Waals surface area contributed by atoms with Gasteiger partial charge in [-0.3, -0.25) is 0 Å². The molecule has 2 heteroatoms. The van der Waals surface area contributed by atoms with Crippen molar-refractivity contribution in [3.63, 3.8) is 0 Å². The van der Waals surface area contributed by atoms with E-state index in [1.54, 1.807) is 6.42 Å². The van der Waals surface area contributed by atoms with Crippen LogP contribution in [0.5, 0.6) is 0 Å². The zero-order valence-corrected chi connectivity index (χ0v) is 5.15. The predicted molar refractivity (Wildman–Crippen MR) is 34.0 cm³/mol. The normalized spacial score (nSPS) is 9.25. The molecule has 0 rings (SSSR count). The lowest BCUT2D eigenvalue weighted by atomic mass is 10.2. The van der Waals surface area contributed by atoms with Gasteiger partial charge in [-0.15, -0.1) is 0 Å². The fraction of sp³-hybridized carbons (Fsp3) is 0.667. The monoisotopic (exact) mass is 114 g/mol. The summed E-state index contributed by atoms with van der Waals surface area (Å²) in [5.41, 5.74) is 0.537. The largest absolute Gasteiger partial charge is 0.396 e. The summed E-state index contributed by atoms with van der Waals surface area (Å²) in [4.78, 5) is 0. The maximum Gasteiger partial charge on any atom is 0.0483 e. The molecule has 0 saturated heterocycles. The van der Waals surface area contributed by atoms with Gasteiger partial charge in [0.05, 0.1) is 0 Å². The lowest BCUT2D eigenvalue weighted by Gasteiger charge is -1.94. The first-order valence-corrected chi connectivity index (χ1v) is 2.82. The Morgan fingerprint density at radius 2 is 2.38 bits per heavy atom. The van der Waals surface area contributed by atoms with Crippen molar-refractivity contribution in [2.75, 3.05) is 6.61 Å². The summed E-state index contributed by atoms with van der Waals surface area (Å²) in [6.07, 6.45) is 3.18. The first-order chi connectivity index (χ1) is 3.81. The molecule has 0 aromatic rings. The third-order valence-electron chi connectivity index (χ3n) is 0.832. The van der Waals surface area contributed by atoms with E-state index in [4.69, 9.17) is 10.5 Å². The minimum absolute atomic E-state index is 0.0926. The standard InChI is InChI=1S/C6H12NO/c1-2-3-6(7)4-5-8/h3,7-8H,2,4-5H2,1H3. The van der Waals surface area contributed by atoms with Gasteiger partial charge in [0, 0.05) is 25.2 Å². The van der Waals surface area contributed by atoms with Crippen molar-refractivity contribution < 1.29 is 5.11 Å². The minimum atomic E-state index is 0.0926. The van der Waals surface area contributed by atoms with Gasteiger partial charge in [0.2, 0.25) is 0 Å². The van der Waals surface area contributed by atoms with Gasteiger partial charge < -0.3 is 10.5 Å². The second-order valence-corrected chi connectivity index (χ2v) is 1.61. The molecule has 0 spiro atoms. The topological polar surface area (TPSA) is 44.1 Å². The van der Waals surface area contributed by atoms with Gasteiger partial charge in [-0.25, -0.2) is 0 Å². The highest BCUT2D eigenvalue weighted by atomic mass is 16.2. The summed E-state index contributed by atoms with van der Waals surface area (Å²) >= 11 is 0. The molecule has 2 nitrogen and oxygen atoms in total. The highest BCUT2D eigenvalue weighted by molar-refractivity contribution is 5.89. The van der Waals surface area contributed by atoms with Crippen LogP contribution < -0.4 is 0 Å². The summed E-state index contributed by atoms with van der Waals surface area (Å²) in [5, 5.41) is 15.4. The molecule has 0 bridgehead atoms. The number of aliphatic hydroxyl groups excluding tert-OH is 1. The maximum atomic E-state index is 8.30. The SMILES string of the molecule is CC[CH]C(=N)CCO. The highest BCUT2D eigenvalue weighted by Crippen LogP contribution is 1.90. The average molecular weight is 114 g/mol. The van der Waals surface area contributed by atoms with Crippen LogP contribution in [-0.4, -0.2) is 17.4 Å². The first-order valence-electron chi connectivity index (χ1n) is 2.82. The number of hydrogen-bond donors (Lipinski definition) is 2. The van der Waals surface area contributed by atoms with Gasteiger partial charge in [-0.2, -0.15) is 0 Å². The van der Waals surface area contributed by atoms with E-state index in [1.165, 1.54) is 0 Å². The van der Waals surface area contributed by atoms with E-state index in [1.807, 2.05) is 6.92 Å². The molecule has 0 aliphatic heterocycles. The molecule has 0 aliphatic rings. The molecule has 0 aromatic heterocycles. The molecular formula is C6H12NO. The zero-order valence-electron chi connectivity index (χ0n) is 5.15. The Balaban J connectivity index is 3.06. The predicted octanol–water partition coefficient (Wildman–Crippen LogP) is 1.00. The van der Waals surface area contributed by atoms with Crippen molar-refractivity contribution in [1.82, 2.24) is 0 Å². The Morgan fingerprint density at radius 3 is 2.75 bits per heavy atom. The molecule has 0 aromatic carbocycles. The van der Waals surface area contributed by atoms with E-state index in [0.717, 1.165) is 6.42 Å². The number of rotatable bonds is 4. The van der Waals surface area contributed by atoms with E-state index in [9.17, 15) is 0 Å². The summed E-state index contributed by atoms with van der Waals surface area (Å²) < 4.78 is 0. The molecule has 0 unspecified atom stereocenters. The molecule has 8 heavy (non-hydrogen) atoms. The van der Waals surface area contributed by atoms with Crippen molar-refractivity contribution >= 4 is 5.71 Å². The van der Waals surface area contributed by atoms with Gasteiger partial charge in [0.25, 0.3) is 0 Å². The summed E-state index contributed by atoms with van der Waals surface area (Å²) in [6.45, 7) is 2.07. The number of hydrogen-bond acceptors (Lipinski definition) is 2. The van der Waals surface area contributed by atoms with Crippen LogP contribution in [0.1, 0.15) is 19.8 Å². The lowest BCUT2D eigenvalue weighted by molar-refractivity contribution is 0.307. The minimum Gasteiger partial charge on any atom is -0.396 e. The number of nitrogens with one attached hydrogen (secondary N) is 1. The van der Waals surface area contributed by atoms with Crippen molar-refractivity contribution in [2.24, 2.45) is 0 Å². The summed E-state index contributed by atoms with van der Waals surface area (Å²) in [5.74, 6) is 0. The molecule has 0 fully saturated rings. The Hall–Kier alpha value is -0.370. The molecule has 0 heterocycles. The van der Waals surface area contributed by atoms with Gasteiger partial charge in [0.15, 0.2) is 0 Å². The first kappa shape index (κ1) is 7.63. The molecule has 0 amide bonds. The van der Waals surface area contributed by atoms with Crippen LogP contribution in [0.2, 0.25) is 0 Å². The van der Waals surface area contributed by atoms with Gasteiger partial charge in [0.1, 0.15) is 0 Å². The average Bonchev–Trinajstić information content (AvgIpc) is 1.68. The van der Waals surface area contributed by atoms with Crippen LogP contribution in [-0.2, 0) is 0 Å². The summed E-state index contributed by atoms with van der Waals surface area (Å²) in [7, 11) is 0. The van der Waals surface area contributed by atoms with Crippen LogP contribution in [0.25, 0.3) is 0 Å². The van der Waals surface area contributed by atoms with Gasteiger partial charge >= 0.3 is 0 Å². The fourth-order valence-electron chi connectivity index (χ4n) is 0.469. The molecule has 47 valence electrons. The van der Waals surface area contributed by atoms with E-state index in [2.05, 4.69) is 0 Å². The molecule has 0 aliphatic carbocycles. The Kier molecular flexibility index (Phi) is 4.56. The van der Waals surface area contributed by atoms with E-state index >= 15 is 0 Å². The Morgan fingerprint density at radius 1 is 1.75 bits per heavy atom. The second-order valence-electron chi connectivity index (χ2n) is 1.61. The van der Waals surface area contributed by atoms with Crippen LogP contribution in [0, 0.1) is 11.8 Å². The molecule has 0 atom stereocenters. The molecule has 0 saturated carbocycles. The third kappa shape index (κ3) is 3.81. The van der Waals surface area contributed by atoms with E-state index < -0.39 is 0 Å². The van der Waals surface area contributed by atoms with Crippen LogP contribution in [0.4, 0.5) is 0 Å². The molecule has 2 N–H and O–H groups in total. The van der Waals surface area contributed by atoms with Crippen LogP contribution in [0.15, 0.2) is 0 Å². The van der Waals surface area contributed by atoms with Gasteiger partial charge in [-0.1, -0.05) is 6.92 Å². The molecular weight excluding hydrogens is 102 g/mol. The Bertz CT molecular complexity index is 62.9. The van der Waals surface area contributed by atoms with E-state index in [-0.39, 0.29) is 6.61 Å². The van der Waals surface area contributed by atoms with Crippen molar-refractivity contribution in [1.29, 1.82) is 5.41 Å². The van der Waals surface area contributed by atoms with E-state index in [0.29, 0.717) is 12.1 Å². The smallest absolute Gasteiger partial charge is 0.0483 e. The molecule has 1 radical (unpaired) electrons. The second kappa shape index (κ2) is 4.78. The summed E-state index contributed by atoms with van der Waals surface area (Å²) in [6, 6.07) is 0. The number of aliphatic hydroxyl groups is 1. The maximum absolute atomic E-state index is 8.30. The third-order valence-corrected chi connectivity index (χ3v) is 0.832. The Labute approximate surface area is 50.0 Å². The van der Waals surface area contributed by atoms with Crippen molar-refractivity contribution in [3.8, 4) is 0 Å². The fourth-order valence-corrected chi connectivity index (χ4v) is 0.469.